The van der Waals surface area contributed by atoms with Crippen molar-refractivity contribution in [2.75, 3.05) is 7.11 Å². The fourth-order valence-corrected chi connectivity index (χ4v) is 10.9. The Labute approximate surface area is 478 Å². The number of rotatable bonds is 22. The summed E-state index contributed by atoms with van der Waals surface area (Å²) in [4.78, 5) is 75.7. The molecule has 1 saturated heterocycles. The van der Waals surface area contributed by atoms with Crippen LogP contribution in [0.3, 0.4) is 0 Å². The fraction of sp³-hybridized carbons (Fsp3) is 0.778. The predicted molar refractivity (Wildman–Crippen MR) is 310 cm³/mol. The Morgan fingerprint density at radius 3 is 1.49 bits per heavy atom. The van der Waals surface area contributed by atoms with Gasteiger partial charge in [-0.1, -0.05) is 98.3 Å². The molecule has 0 radical (unpaired) electrons. The summed E-state index contributed by atoms with van der Waals surface area (Å²) in [7, 11) is 1.36. The standard InChI is InChI=1S/C32H52O6.C31H48O6.HIO/c1-10-31(5,6)29(34)37-24(20-27(33)36-9)14-12-13-15-25-22(4)16-17-23-18-21(3)19-26(28(23)25)38-30(35)32(7,8)11-2;1-9-30(5,6)28(33)36-23-17-22(35-26(32)18-23)13-14-24-20(4)11-12-21-15-19(3)16-25(27(21)24)37-29(34)31(7,8)10-2;1-2/h16-18,21-22,24-26,28H,10-15,19-20H2,1-9H3;11-12,15,19-20,22-25,27H,9-10,13-14,16-18H2,1-8H3;2H/t21-,22-,24-,25-,26-,28?;19-,20-,22+,23-,24-,25-,27?;/m00./s1. The van der Waals surface area contributed by atoms with Gasteiger partial charge in [0.2, 0.25) is 0 Å². The maximum Gasteiger partial charge on any atom is 0.311 e. The molecule has 2 unspecified atom stereocenters. The van der Waals surface area contributed by atoms with E-state index in [0.717, 1.165) is 74.4 Å². The van der Waals surface area contributed by atoms with E-state index in [0.29, 0.717) is 61.7 Å². The first-order valence-corrected chi connectivity index (χ1v) is 30.1. The SMILES string of the molecule is CCC(C)(C)C(=O)O[C@@H](CCCC[C@@H]1C2C(=C[C@H](C)C[C@@H]2OC(=O)C(C)(C)CC)C=C[C@@H]1C)CC(=O)OC.CCC(C)(C)C(=O)O[C@@H]1CC(=O)O[C@H](CC[C@@H]2C3C(=C[C@H](C)C[C@@H]3OC(=O)C(C)(C)CC)C=C[C@@H]2C)C1.OI. The third kappa shape index (κ3) is 19.3. The average molecular weight is 1190 g/mol. The molecule has 0 amide bonds. The molecular weight excluding hydrogens is 1090 g/mol. The highest BCUT2D eigenvalue weighted by atomic mass is 127. The van der Waals surface area contributed by atoms with Crippen molar-refractivity contribution in [2.24, 2.45) is 69.0 Å². The highest BCUT2D eigenvalue weighted by molar-refractivity contribution is 14.1. The highest BCUT2D eigenvalue weighted by Gasteiger charge is 2.45. The Hall–Kier alpha value is -3.53. The molecule has 1 fully saturated rings. The molecule has 1 heterocycles. The summed E-state index contributed by atoms with van der Waals surface area (Å²) >= 11 is 1.15. The first kappa shape index (κ1) is 67.7. The van der Waals surface area contributed by atoms with E-state index < -0.39 is 33.9 Å². The van der Waals surface area contributed by atoms with Crippen LogP contribution in [0.25, 0.3) is 0 Å². The average Bonchev–Trinajstić information content (AvgIpc) is 3.38. The Morgan fingerprint density at radius 1 is 0.623 bits per heavy atom. The molecule has 13 atom stereocenters. The van der Waals surface area contributed by atoms with Gasteiger partial charge in [-0.2, -0.15) is 0 Å². The Kier molecular flexibility index (Phi) is 26.7. The van der Waals surface area contributed by atoms with E-state index in [1.54, 1.807) is 0 Å². The number of cyclic esters (lactones) is 1. The minimum Gasteiger partial charge on any atom is -0.469 e. The number of ether oxygens (including phenoxy) is 6. The zero-order valence-corrected chi connectivity index (χ0v) is 52.5. The molecule has 13 nitrogen and oxygen atoms in total. The van der Waals surface area contributed by atoms with E-state index in [-0.39, 0.29) is 84.7 Å². The molecule has 0 aromatic carbocycles. The van der Waals surface area contributed by atoms with Crippen LogP contribution in [0, 0.1) is 69.0 Å². The van der Waals surface area contributed by atoms with Crippen molar-refractivity contribution in [1.29, 1.82) is 0 Å². The molecule has 438 valence electrons. The number of unbranched alkanes of at least 4 members (excludes halogenated alkanes) is 1. The second-order valence-electron chi connectivity index (χ2n) is 25.7. The number of fused-ring (bicyclic) bond motifs is 2. The fourth-order valence-electron chi connectivity index (χ4n) is 10.9. The smallest absolute Gasteiger partial charge is 0.311 e. The molecule has 0 saturated carbocycles. The van der Waals surface area contributed by atoms with Gasteiger partial charge < -0.3 is 31.9 Å². The van der Waals surface area contributed by atoms with E-state index in [1.807, 2.05) is 83.1 Å². The number of carbonyl (C=O) groups is 6. The van der Waals surface area contributed by atoms with Crippen LogP contribution >= 0.6 is 23.0 Å². The van der Waals surface area contributed by atoms with Crippen LogP contribution in [-0.2, 0) is 57.2 Å². The summed E-state index contributed by atoms with van der Waals surface area (Å²) < 4.78 is 41.5. The number of esters is 6. The van der Waals surface area contributed by atoms with Crippen molar-refractivity contribution in [1.82, 2.24) is 0 Å². The summed E-state index contributed by atoms with van der Waals surface area (Å²) in [6.07, 6.45) is 22.3. The summed E-state index contributed by atoms with van der Waals surface area (Å²) in [5.74, 6) is 0.909. The normalized spacial score (nSPS) is 28.4. The van der Waals surface area contributed by atoms with E-state index in [2.05, 4.69) is 64.2 Å². The summed E-state index contributed by atoms with van der Waals surface area (Å²) in [6, 6.07) is 0. The lowest BCUT2D eigenvalue weighted by Gasteiger charge is -2.44. The quantitative estimate of drug-likeness (QED) is 0.0469. The van der Waals surface area contributed by atoms with Crippen molar-refractivity contribution < 1.29 is 60.6 Å². The zero-order valence-electron chi connectivity index (χ0n) is 50.3. The summed E-state index contributed by atoms with van der Waals surface area (Å²) in [6.45, 7) is 32.1. The molecule has 0 bridgehead atoms. The lowest BCUT2D eigenvalue weighted by Crippen LogP contribution is -2.43. The second-order valence-corrected chi connectivity index (χ2v) is 25.7. The maximum absolute atomic E-state index is 13.0. The minimum absolute atomic E-state index is 0.0727. The van der Waals surface area contributed by atoms with Gasteiger partial charge in [0.25, 0.3) is 0 Å². The van der Waals surface area contributed by atoms with Crippen molar-refractivity contribution in [3.8, 4) is 0 Å². The van der Waals surface area contributed by atoms with Crippen LogP contribution in [0.4, 0.5) is 0 Å². The van der Waals surface area contributed by atoms with Gasteiger partial charge in [0, 0.05) is 18.3 Å². The van der Waals surface area contributed by atoms with Gasteiger partial charge in [-0.3, -0.25) is 28.8 Å². The van der Waals surface area contributed by atoms with Crippen molar-refractivity contribution in [3.05, 3.63) is 47.6 Å². The van der Waals surface area contributed by atoms with Crippen LogP contribution in [0.1, 0.15) is 207 Å². The lowest BCUT2D eigenvalue weighted by atomic mass is 9.65. The van der Waals surface area contributed by atoms with Crippen molar-refractivity contribution >= 4 is 58.8 Å². The molecule has 77 heavy (non-hydrogen) atoms. The highest BCUT2D eigenvalue weighted by Crippen LogP contribution is 2.47. The van der Waals surface area contributed by atoms with Crippen molar-refractivity contribution in [3.63, 3.8) is 0 Å². The second kappa shape index (κ2) is 30.3. The predicted octanol–water partition coefficient (Wildman–Crippen LogP) is 14.1. The molecule has 0 aromatic heterocycles. The molecule has 14 heteroatoms. The van der Waals surface area contributed by atoms with Crippen LogP contribution in [0.5, 0.6) is 0 Å². The minimum atomic E-state index is -0.585. The molecule has 1 N–H and O–H groups in total. The van der Waals surface area contributed by atoms with Gasteiger partial charge in [0.05, 0.1) is 41.6 Å². The van der Waals surface area contributed by atoms with E-state index in [1.165, 1.54) is 18.3 Å². The zero-order chi connectivity index (χ0) is 58.2. The van der Waals surface area contributed by atoms with Gasteiger partial charge in [-0.25, -0.2) is 0 Å². The molecule has 0 spiro atoms. The van der Waals surface area contributed by atoms with Crippen molar-refractivity contribution in [2.45, 2.75) is 238 Å². The largest absolute Gasteiger partial charge is 0.469 e. The van der Waals surface area contributed by atoms with E-state index >= 15 is 0 Å². The summed E-state index contributed by atoms with van der Waals surface area (Å²) in [5, 5.41) is 0. The first-order valence-electron chi connectivity index (χ1n) is 29.1. The lowest BCUT2D eigenvalue weighted by molar-refractivity contribution is -0.175. The maximum atomic E-state index is 13.0. The van der Waals surface area contributed by atoms with Crippen LogP contribution in [0.2, 0.25) is 0 Å². The number of hydrogen-bond acceptors (Lipinski definition) is 13. The molecule has 5 aliphatic rings. The Morgan fingerprint density at radius 2 is 1.05 bits per heavy atom. The number of allylic oxidation sites excluding steroid dienone is 6. The molecule has 1 aliphatic heterocycles. The molecular formula is C63H101IO13. The number of halogens is 1. The third-order valence-electron chi connectivity index (χ3n) is 18.0. The van der Waals surface area contributed by atoms with Crippen LogP contribution < -0.4 is 0 Å². The van der Waals surface area contributed by atoms with Crippen LogP contribution in [0.15, 0.2) is 47.6 Å². The third-order valence-corrected chi connectivity index (χ3v) is 18.0. The van der Waals surface area contributed by atoms with Crippen LogP contribution in [-0.4, -0.2) is 76.9 Å². The first-order chi connectivity index (χ1) is 36.0. The Bertz CT molecular complexity index is 2100. The molecule has 5 rings (SSSR count). The monoisotopic (exact) mass is 1190 g/mol. The number of methoxy groups -OCH3 is 1. The van der Waals surface area contributed by atoms with Gasteiger partial charge >= 0.3 is 35.8 Å². The van der Waals surface area contributed by atoms with E-state index in [9.17, 15) is 28.8 Å². The number of carbonyl (C=O) groups excluding carboxylic acids is 6. The van der Waals surface area contributed by atoms with Gasteiger partial charge in [0.15, 0.2) is 0 Å². The van der Waals surface area contributed by atoms with E-state index in [4.69, 9.17) is 31.9 Å². The number of hydrogen-bond donors (Lipinski definition) is 1. The van der Waals surface area contributed by atoms with Gasteiger partial charge in [0.1, 0.15) is 53.5 Å². The van der Waals surface area contributed by atoms with Gasteiger partial charge in [-0.15, -0.1) is 0 Å². The molecule has 4 aliphatic carbocycles. The molecule has 0 aromatic rings. The summed E-state index contributed by atoms with van der Waals surface area (Å²) in [5.41, 5.74) is 0.388. The Balaban J connectivity index is 0.000000393. The topological polar surface area (TPSA) is 178 Å². The van der Waals surface area contributed by atoms with Gasteiger partial charge in [-0.05, 0) is 173 Å².